The van der Waals surface area contributed by atoms with E-state index in [1.165, 1.54) is 0 Å². The number of benzene rings is 1. The molecule has 7 heteroatoms. The van der Waals surface area contributed by atoms with E-state index < -0.39 is 0 Å². The van der Waals surface area contributed by atoms with Crippen LogP contribution in [0.3, 0.4) is 0 Å². The molecule has 2 rings (SSSR count). The molecule has 0 aromatic heterocycles. The predicted molar refractivity (Wildman–Crippen MR) is 97.5 cm³/mol. The van der Waals surface area contributed by atoms with E-state index in [4.69, 9.17) is 19.9 Å². The van der Waals surface area contributed by atoms with Crippen LogP contribution < -0.4 is 19.9 Å². The summed E-state index contributed by atoms with van der Waals surface area (Å²) in [4.78, 5) is 25.9. The van der Waals surface area contributed by atoms with Gasteiger partial charge in [0.25, 0.3) is 0 Å². The highest BCUT2D eigenvalue weighted by Crippen LogP contribution is 2.38. The fourth-order valence-electron chi connectivity index (χ4n) is 3.36. The molecule has 144 valence electrons. The van der Waals surface area contributed by atoms with E-state index in [2.05, 4.69) is 0 Å². The number of nitrogens with zero attached hydrogens (tertiary/aromatic N) is 1. The first-order valence-corrected chi connectivity index (χ1v) is 8.78. The standard InChI is InChI=1S/C19H28N2O5/c1-12-5-7-14(19(20)23)11-21(12)17(22)8-6-13-9-15(24-2)18(26-4)16(10-13)25-3/h9-10,12,14H,5-8,11H2,1-4H3,(H2,20,23)/t12-,14-/m1/s1. The fraction of sp³-hybridized carbons (Fsp3) is 0.579. The van der Waals surface area contributed by atoms with Gasteiger partial charge in [0.15, 0.2) is 11.5 Å². The van der Waals surface area contributed by atoms with E-state index in [1.54, 1.807) is 26.2 Å². The molecule has 1 aromatic rings. The van der Waals surface area contributed by atoms with Crippen LogP contribution in [-0.2, 0) is 16.0 Å². The molecule has 2 amide bonds. The van der Waals surface area contributed by atoms with E-state index in [0.29, 0.717) is 36.6 Å². The molecule has 0 saturated carbocycles. The number of rotatable bonds is 7. The summed E-state index contributed by atoms with van der Waals surface area (Å²) >= 11 is 0. The molecule has 0 spiro atoms. The number of likely N-dealkylation sites (tertiary alicyclic amines) is 1. The minimum absolute atomic E-state index is 0.0252. The third-order valence-electron chi connectivity index (χ3n) is 4.96. The maximum Gasteiger partial charge on any atom is 0.223 e. The van der Waals surface area contributed by atoms with Gasteiger partial charge in [-0.25, -0.2) is 0 Å². The normalized spacial score (nSPS) is 19.8. The van der Waals surface area contributed by atoms with E-state index >= 15 is 0 Å². The van der Waals surface area contributed by atoms with Gasteiger partial charge in [-0.15, -0.1) is 0 Å². The lowest BCUT2D eigenvalue weighted by Crippen LogP contribution is -2.48. The maximum absolute atomic E-state index is 12.7. The van der Waals surface area contributed by atoms with Crippen molar-refractivity contribution in [3.8, 4) is 17.2 Å². The van der Waals surface area contributed by atoms with Crippen LogP contribution in [0, 0.1) is 5.92 Å². The molecule has 0 unspecified atom stereocenters. The fourth-order valence-corrected chi connectivity index (χ4v) is 3.36. The molecule has 1 saturated heterocycles. The van der Waals surface area contributed by atoms with Crippen LogP contribution in [0.15, 0.2) is 12.1 Å². The van der Waals surface area contributed by atoms with Crippen molar-refractivity contribution >= 4 is 11.8 Å². The molecule has 1 aliphatic rings. The maximum atomic E-state index is 12.7. The topological polar surface area (TPSA) is 91.1 Å². The van der Waals surface area contributed by atoms with Crippen molar-refractivity contribution in [1.82, 2.24) is 4.90 Å². The quantitative estimate of drug-likeness (QED) is 0.796. The summed E-state index contributed by atoms with van der Waals surface area (Å²) < 4.78 is 16.0. The summed E-state index contributed by atoms with van der Waals surface area (Å²) in [5.74, 6) is 1.09. The van der Waals surface area contributed by atoms with Crippen molar-refractivity contribution in [2.24, 2.45) is 11.7 Å². The number of piperidine rings is 1. The van der Waals surface area contributed by atoms with Gasteiger partial charge in [0.1, 0.15) is 0 Å². The largest absolute Gasteiger partial charge is 0.493 e. The number of methoxy groups -OCH3 is 3. The zero-order chi connectivity index (χ0) is 19.3. The Kier molecular flexibility index (Phi) is 6.71. The van der Waals surface area contributed by atoms with E-state index in [9.17, 15) is 9.59 Å². The lowest BCUT2D eigenvalue weighted by Gasteiger charge is -2.37. The van der Waals surface area contributed by atoms with E-state index in [-0.39, 0.29) is 23.8 Å². The average Bonchev–Trinajstić information content (AvgIpc) is 2.65. The van der Waals surface area contributed by atoms with Gasteiger partial charge in [0.2, 0.25) is 17.6 Å². The molecule has 26 heavy (non-hydrogen) atoms. The average molecular weight is 364 g/mol. The summed E-state index contributed by atoms with van der Waals surface area (Å²) in [6, 6.07) is 3.82. The summed E-state index contributed by atoms with van der Waals surface area (Å²) in [6.45, 7) is 2.42. The van der Waals surface area contributed by atoms with Gasteiger partial charge in [-0.05, 0) is 43.9 Å². The molecule has 0 bridgehead atoms. The van der Waals surface area contributed by atoms with Crippen molar-refractivity contribution in [3.63, 3.8) is 0 Å². The van der Waals surface area contributed by atoms with Gasteiger partial charge in [-0.3, -0.25) is 9.59 Å². The Morgan fingerprint density at radius 1 is 1.12 bits per heavy atom. The lowest BCUT2D eigenvalue weighted by atomic mass is 9.92. The van der Waals surface area contributed by atoms with Crippen molar-refractivity contribution in [1.29, 1.82) is 0 Å². The van der Waals surface area contributed by atoms with Crippen molar-refractivity contribution in [3.05, 3.63) is 17.7 Å². The van der Waals surface area contributed by atoms with Gasteiger partial charge in [-0.1, -0.05) is 0 Å². The Morgan fingerprint density at radius 3 is 2.23 bits per heavy atom. The third-order valence-corrected chi connectivity index (χ3v) is 4.96. The highest BCUT2D eigenvalue weighted by atomic mass is 16.5. The Bertz CT molecular complexity index is 636. The molecule has 1 aromatic carbocycles. The molecule has 1 fully saturated rings. The molecule has 7 nitrogen and oxygen atoms in total. The second-order valence-electron chi connectivity index (χ2n) is 6.61. The first-order chi connectivity index (χ1) is 12.4. The Balaban J connectivity index is 2.07. The Labute approximate surface area is 154 Å². The van der Waals surface area contributed by atoms with Crippen LogP contribution in [0.4, 0.5) is 0 Å². The number of nitrogens with two attached hydrogens (primary N) is 1. The van der Waals surface area contributed by atoms with Crippen LogP contribution in [0.1, 0.15) is 31.7 Å². The molecule has 1 aliphatic heterocycles. The highest BCUT2D eigenvalue weighted by Gasteiger charge is 2.31. The summed E-state index contributed by atoms with van der Waals surface area (Å²) in [6.07, 6.45) is 2.42. The Morgan fingerprint density at radius 2 is 1.73 bits per heavy atom. The number of primary amides is 1. The van der Waals surface area contributed by atoms with Crippen molar-refractivity contribution in [2.45, 2.75) is 38.6 Å². The van der Waals surface area contributed by atoms with Crippen LogP contribution in [0.5, 0.6) is 17.2 Å². The molecule has 0 radical (unpaired) electrons. The minimum atomic E-state index is -0.334. The SMILES string of the molecule is COc1cc(CCC(=O)N2C[C@H](C(N)=O)CC[C@H]2C)cc(OC)c1OC. The van der Waals surface area contributed by atoms with E-state index in [0.717, 1.165) is 18.4 Å². The zero-order valence-corrected chi connectivity index (χ0v) is 15.9. The van der Waals surface area contributed by atoms with Gasteiger partial charge in [-0.2, -0.15) is 0 Å². The van der Waals surface area contributed by atoms with Crippen LogP contribution in [0.2, 0.25) is 0 Å². The number of ether oxygens (including phenoxy) is 3. The van der Waals surface area contributed by atoms with Gasteiger partial charge in [0.05, 0.1) is 27.2 Å². The smallest absolute Gasteiger partial charge is 0.223 e. The molecule has 2 atom stereocenters. The second kappa shape index (κ2) is 8.78. The number of aryl methyl sites for hydroxylation is 1. The number of carbonyl (C=O) groups is 2. The van der Waals surface area contributed by atoms with Crippen molar-refractivity contribution < 1.29 is 23.8 Å². The van der Waals surface area contributed by atoms with Gasteiger partial charge < -0.3 is 24.8 Å². The highest BCUT2D eigenvalue weighted by molar-refractivity contribution is 5.80. The third kappa shape index (κ3) is 4.39. The number of hydrogen-bond donors (Lipinski definition) is 1. The number of amides is 2. The zero-order valence-electron chi connectivity index (χ0n) is 15.9. The van der Waals surface area contributed by atoms with Gasteiger partial charge >= 0.3 is 0 Å². The number of hydrogen-bond acceptors (Lipinski definition) is 5. The van der Waals surface area contributed by atoms with E-state index in [1.807, 2.05) is 19.1 Å². The Hall–Kier alpha value is -2.44. The predicted octanol–water partition coefficient (Wildman–Crippen LogP) is 1.76. The molecular weight excluding hydrogens is 336 g/mol. The van der Waals surface area contributed by atoms with Crippen molar-refractivity contribution in [2.75, 3.05) is 27.9 Å². The molecule has 2 N–H and O–H groups in total. The molecular formula is C19H28N2O5. The lowest BCUT2D eigenvalue weighted by molar-refractivity contribution is -0.137. The van der Waals surface area contributed by atoms with Crippen LogP contribution in [-0.4, -0.2) is 50.6 Å². The summed E-state index contributed by atoms with van der Waals surface area (Å²) in [5.41, 5.74) is 6.34. The number of carbonyl (C=O) groups excluding carboxylic acids is 2. The van der Waals surface area contributed by atoms with Crippen LogP contribution >= 0.6 is 0 Å². The van der Waals surface area contributed by atoms with Crippen LogP contribution in [0.25, 0.3) is 0 Å². The molecule has 0 aliphatic carbocycles. The summed E-state index contributed by atoms with van der Waals surface area (Å²) in [5, 5.41) is 0. The summed E-state index contributed by atoms with van der Waals surface area (Å²) in [7, 11) is 4.67. The molecule has 1 heterocycles. The first kappa shape index (κ1) is 19.9. The minimum Gasteiger partial charge on any atom is -0.493 e. The monoisotopic (exact) mass is 364 g/mol. The first-order valence-electron chi connectivity index (χ1n) is 8.78. The van der Waals surface area contributed by atoms with Gasteiger partial charge in [0, 0.05) is 19.0 Å². The second-order valence-corrected chi connectivity index (χ2v) is 6.61.